The lowest BCUT2D eigenvalue weighted by Gasteiger charge is -2.20. The first-order valence-electron chi connectivity index (χ1n) is 7.31. The second kappa shape index (κ2) is 7.06. The van der Waals surface area contributed by atoms with Gasteiger partial charge in [-0.15, -0.1) is 5.10 Å². The summed E-state index contributed by atoms with van der Waals surface area (Å²) in [6, 6.07) is 8.02. The van der Waals surface area contributed by atoms with Crippen LogP contribution in [0, 0.1) is 0 Å². The monoisotopic (exact) mass is 301 g/mol. The highest BCUT2D eigenvalue weighted by Crippen LogP contribution is 2.13. The molecule has 2 N–H and O–H groups in total. The van der Waals surface area contributed by atoms with Crippen LogP contribution in [0.5, 0.6) is 5.75 Å². The van der Waals surface area contributed by atoms with Crippen LogP contribution in [0.4, 0.5) is 11.8 Å². The van der Waals surface area contributed by atoms with Gasteiger partial charge in [0, 0.05) is 12.1 Å². The van der Waals surface area contributed by atoms with Gasteiger partial charge < -0.3 is 15.4 Å². The van der Waals surface area contributed by atoms with Crippen molar-refractivity contribution in [2.24, 2.45) is 0 Å². The summed E-state index contributed by atoms with van der Waals surface area (Å²) in [7, 11) is 1.67. The van der Waals surface area contributed by atoms with Crippen molar-refractivity contribution in [1.82, 2.24) is 15.2 Å². The van der Waals surface area contributed by atoms with Crippen molar-refractivity contribution in [3.63, 3.8) is 0 Å². The van der Waals surface area contributed by atoms with E-state index in [1.807, 2.05) is 12.1 Å². The Morgan fingerprint density at radius 1 is 1.14 bits per heavy atom. The van der Waals surface area contributed by atoms with Crippen LogP contribution in [-0.2, 0) is 6.42 Å². The van der Waals surface area contributed by atoms with Gasteiger partial charge in [0.05, 0.1) is 13.3 Å². The highest BCUT2D eigenvalue weighted by molar-refractivity contribution is 5.39. The van der Waals surface area contributed by atoms with Crippen molar-refractivity contribution >= 4 is 11.8 Å². The molecule has 0 unspecified atom stereocenters. The van der Waals surface area contributed by atoms with Crippen molar-refractivity contribution in [3.05, 3.63) is 36.0 Å². The van der Waals surface area contributed by atoms with Gasteiger partial charge in [0.1, 0.15) is 5.75 Å². The zero-order valence-electron chi connectivity index (χ0n) is 13.6. The fraction of sp³-hybridized carbons (Fsp3) is 0.438. The van der Waals surface area contributed by atoms with E-state index in [9.17, 15) is 0 Å². The molecule has 1 aromatic carbocycles. The average Bonchev–Trinajstić information content (AvgIpc) is 2.47. The van der Waals surface area contributed by atoms with E-state index in [2.05, 4.69) is 58.7 Å². The fourth-order valence-corrected chi connectivity index (χ4v) is 1.93. The molecule has 0 bridgehead atoms. The summed E-state index contributed by atoms with van der Waals surface area (Å²) in [5.74, 6) is 2.11. The minimum Gasteiger partial charge on any atom is -0.497 e. The van der Waals surface area contributed by atoms with Crippen LogP contribution < -0.4 is 15.4 Å². The van der Waals surface area contributed by atoms with E-state index in [0.717, 1.165) is 24.5 Å². The number of rotatable bonds is 6. The summed E-state index contributed by atoms with van der Waals surface area (Å²) in [5, 5.41) is 14.4. The van der Waals surface area contributed by atoms with Crippen molar-refractivity contribution in [3.8, 4) is 5.75 Å². The first kappa shape index (κ1) is 16.0. The first-order chi connectivity index (χ1) is 10.5. The number of nitrogens with one attached hydrogen (secondary N) is 2. The fourth-order valence-electron chi connectivity index (χ4n) is 1.93. The molecule has 6 nitrogen and oxygen atoms in total. The predicted molar refractivity (Wildman–Crippen MR) is 88.4 cm³/mol. The molecule has 0 amide bonds. The van der Waals surface area contributed by atoms with Crippen molar-refractivity contribution in [2.45, 2.75) is 32.7 Å². The summed E-state index contributed by atoms with van der Waals surface area (Å²) >= 11 is 0. The zero-order chi connectivity index (χ0) is 16.0. The number of methoxy groups -OCH3 is 1. The molecule has 0 fully saturated rings. The summed E-state index contributed by atoms with van der Waals surface area (Å²) in [6.45, 7) is 6.97. The van der Waals surface area contributed by atoms with Gasteiger partial charge in [0.15, 0.2) is 5.82 Å². The maximum Gasteiger partial charge on any atom is 0.244 e. The molecule has 0 aliphatic rings. The van der Waals surface area contributed by atoms with Gasteiger partial charge >= 0.3 is 0 Å². The van der Waals surface area contributed by atoms with Crippen LogP contribution in [0.1, 0.15) is 26.3 Å². The van der Waals surface area contributed by atoms with Gasteiger partial charge in [0.25, 0.3) is 0 Å². The number of hydrogen-bond donors (Lipinski definition) is 2. The highest BCUT2D eigenvalue weighted by atomic mass is 16.5. The Kier molecular flexibility index (Phi) is 5.14. The standard InChI is InChI=1S/C16H23N5O/c1-16(2,3)20-14-11-18-21-15(19-14)17-10-9-12-5-7-13(22-4)8-6-12/h5-8,11H,9-10H2,1-4H3,(H2,17,19,20,21). The van der Waals surface area contributed by atoms with Crippen LogP contribution in [0.25, 0.3) is 0 Å². The molecular formula is C16H23N5O. The number of nitrogens with zero attached hydrogens (tertiary/aromatic N) is 3. The first-order valence-corrected chi connectivity index (χ1v) is 7.31. The highest BCUT2D eigenvalue weighted by Gasteiger charge is 2.11. The third kappa shape index (κ3) is 5.20. The summed E-state index contributed by atoms with van der Waals surface area (Å²) in [5.41, 5.74) is 1.17. The van der Waals surface area contributed by atoms with Crippen LogP contribution >= 0.6 is 0 Å². The van der Waals surface area contributed by atoms with E-state index in [-0.39, 0.29) is 5.54 Å². The molecule has 1 aromatic heterocycles. The minimum absolute atomic E-state index is 0.0591. The van der Waals surface area contributed by atoms with Gasteiger partial charge in [-0.3, -0.25) is 0 Å². The van der Waals surface area contributed by atoms with Crippen LogP contribution in [0.3, 0.4) is 0 Å². The Bertz CT molecular complexity index is 592. The van der Waals surface area contributed by atoms with Gasteiger partial charge in [-0.05, 0) is 44.9 Å². The van der Waals surface area contributed by atoms with E-state index in [1.165, 1.54) is 5.56 Å². The Hall–Kier alpha value is -2.37. The Morgan fingerprint density at radius 2 is 1.86 bits per heavy atom. The predicted octanol–water partition coefficient (Wildman–Crippen LogP) is 2.75. The van der Waals surface area contributed by atoms with E-state index in [0.29, 0.717) is 5.95 Å². The summed E-state index contributed by atoms with van der Waals surface area (Å²) < 4.78 is 5.15. The molecule has 0 saturated heterocycles. The Balaban J connectivity index is 1.87. The largest absolute Gasteiger partial charge is 0.497 e. The summed E-state index contributed by atoms with van der Waals surface area (Å²) in [4.78, 5) is 4.40. The molecule has 6 heteroatoms. The van der Waals surface area contributed by atoms with Crippen molar-refractivity contribution < 1.29 is 4.74 Å². The molecule has 0 saturated carbocycles. The molecule has 0 aliphatic heterocycles. The third-order valence-electron chi connectivity index (χ3n) is 2.92. The van der Waals surface area contributed by atoms with E-state index in [1.54, 1.807) is 13.3 Å². The number of ether oxygens (including phenoxy) is 1. The molecule has 22 heavy (non-hydrogen) atoms. The Morgan fingerprint density at radius 3 is 2.50 bits per heavy atom. The Labute approximate surface area is 131 Å². The quantitative estimate of drug-likeness (QED) is 0.855. The van der Waals surface area contributed by atoms with Crippen molar-refractivity contribution in [1.29, 1.82) is 0 Å². The van der Waals surface area contributed by atoms with E-state index < -0.39 is 0 Å². The number of anilines is 2. The minimum atomic E-state index is -0.0591. The van der Waals surface area contributed by atoms with Crippen LogP contribution in [-0.4, -0.2) is 34.4 Å². The van der Waals surface area contributed by atoms with Gasteiger partial charge in [-0.1, -0.05) is 12.1 Å². The average molecular weight is 301 g/mol. The third-order valence-corrected chi connectivity index (χ3v) is 2.92. The lowest BCUT2D eigenvalue weighted by Crippen LogP contribution is -2.27. The molecule has 0 aliphatic carbocycles. The molecule has 0 atom stereocenters. The normalized spacial score (nSPS) is 11.1. The molecule has 2 rings (SSSR count). The molecule has 0 spiro atoms. The molecular weight excluding hydrogens is 278 g/mol. The SMILES string of the molecule is COc1ccc(CCNc2nncc(NC(C)(C)C)n2)cc1. The number of aromatic nitrogens is 3. The molecule has 0 radical (unpaired) electrons. The maximum absolute atomic E-state index is 5.15. The number of benzene rings is 1. The maximum atomic E-state index is 5.15. The van der Waals surface area contributed by atoms with Gasteiger partial charge in [-0.25, -0.2) is 0 Å². The second-order valence-electron chi connectivity index (χ2n) is 6.07. The topological polar surface area (TPSA) is 72.0 Å². The van der Waals surface area contributed by atoms with Crippen LogP contribution in [0.15, 0.2) is 30.5 Å². The molecule has 118 valence electrons. The van der Waals surface area contributed by atoms with Gasteiger partial charge in [-0.2, -0.15) is 10.1 Å². The second-order valence-corrected chi connectivity index (χ2v) is 6.07. The van der Waals surface area contributed by atoms with E-state index in [4.69, 9.17) is 4.74 Å². The zero-order valence-corrected chi connectivity index (χ0v) is 13.6. The molecule has 1 heterocycles. The smallest absolute Gasteiger partial charge is 0.244 e. The number of hydrogen-bond acceptors (Lipinski definition) is 6. The van der Waals surface area contributed by atoms with Gasteiger partial charge in [0.2, 0.25) is 5.95 Å². The van der Waals surface area contributed by atoms with Crippen molar-refractivity contribution in [2.75, 3.05) is 24.3 Å². The lowest BCUT2D eigenvalue weighted by molar-refractivity contribution is 0.414. The van der Waals surface area contributed by atoms with E-state index >= 15 is 0 Å². The lowest BCUT2D eigenvalue weighted by atomic mass is 10.1. The summed E-state index contributed by atoms with van der Waals surface area (Å²) in [6.07, 6.45) is 2.50. The molecule has 2 aromatic rings. The van der Waals surface area contributed by atoms with Crippen LogP contribution in [0.2, 0.25) is 0 Å².